The van der Waals surface area contributed by atoms with Gasteiger partial charge in [-0.25, -0.2) is 12.7 Å². The first-order chi connectivity index (χ1) is 10.4. The molecule has 9 heteroatoms. The molecule has 22 heavy (non-hydrogen) atoms. The third-order valence-corrected chi connectivity index (χ3v) is 5.00. The average Bonchev–Trinajstić information content (AvgIpc) is 3.09. The molecule has 1 N–H and O–H groups in total. The van der Waals surface area contributed by atoms with Gasteiger partial charge in [0.15, 0.2) is 5.96 Å². The summed E-state index contributed by atoms with van der Waals surface area (Å²) >= 11 is 0. The number of aliphatic imine (C=N–C) groups is 1. The zero-order chi connectivity index (χ0) is 16.2. The van der Waals surface area contributed by atoms with E-state index in [9.17, 15) is 8.42 Å². The monoisotopic (exact) mass is 329 g/mol. The van der Waals surface area contributed by atoms with Crippen molar-refractivity contribution < 1.29 is 12.9 Å². The van der Waals surface area contributed by atoms with E-state index in [0.717, 1.165) is 18.1 Å². The summed E-state index contributed by atoms with van der Waals surface area (Å²) in [5, 5.41) is 7.17. The Hall–Kier alpha value is -1.61. The highest BCUT2D eigenvalue weighted by atomic mass is 32.2. The summed E-state index contributed by atoms with van der Waals surface area (Å²) in [4.78, 5) is 6.18. The van der Waals surface area contributed by atoms with Crippen molar-refractivity contribution >= 4 is 16.0 Å². The highest BCUT2D eigenvalue weighted by Gasteiger charge is 2.28. The van der Waals surface area contributed by atoms with Gasteiger partial charge < -0.3 is 14.7 Å². The lowest BCUT2D eigenvalue weighted by atomic mass is 10.1. The van der Waals surface area contributed by atoms with Gasteiger partial charge in [-0.1, -0.05) is 5.16 Å². The molecule has 1 unspecified atom stereocenters. The Balaban J connectivity index is 1.82. The molecule has 1 aliphatic rings. The molecule has 1 fully saturated rings. The molecule has 1 aromatic heterocycles. The minimum Gasteiger partial charge on any atom is -0.364 e. The number of nitrogens with one attached hydrogen (secondary N) is 1. The number of guanidine groups is 1. The first kappa shape index (κ1) is 16.8. The largest absolute Gasteiger partial charge is 0.364 e. The lowest BCUT2D eigenvalue weighted by Crippen LogP contribution is -2.41. The lowest BCUT2D eigenvalue weighted by molar-refractivity contribution is 0.389. The molecular formula is C13H23N5O3S. The van der Waals surface area contributed by atoms with Crippen LogP contribution in [0.2, 0.25) is 0 Å². The average molecular weight is 329 g/mol. The van der Waals surface area contributed by atoms with E-state index in [1.165, 1.54) is 16.8 Å². The third-order valence-electron chi connectivity index (χ3n) is 3.73. The van der Waals surface area contributed by atoms with E-state index in [1.807, 2.05) is 18.0 Å². The van der Waals surface area contributed by atoms with Crippen LogP contribution in [-0.4, -0.2) is 68.7 Å². The second-order valence-corrected chi connectivity index (χ2v) is 7.53. The van der Waals surface area contributed by atoms with Crippen LogP contribution in [-0.2, 0) is 16.6 Å². The Morgan fingerprint density at radius 1 is 1.64 bits per heavy atom. The highest BCUT2D eigenvalue weighted by Crippen LogP contribution is 2.17. The lowest BCUT2D eigenvalue weighted by Gasteiger charge is -2.22. The number of rotatable bonds is 5. The van der Waals surface area contributed by atoms with Crippen molar-refractivity contribution in [1.82, 2.24) is 19.7 Å². The first-order valence-corrected chi connectivity index (χ1v) is 9.01. The van der Waals surface area contributed by atoms with Crippen molar-refractivity contribution in [3.8, 4) is 0 Å². The number of nitrogens with zero attached hydrogens (tertiary/aromatic N) is 4. The molecule has 0 aromatic carbocycles. The molecule has 0 radical (unpaired) electrons. The SMILES string of the molecule is CN=C(NCC1CCN(S(C)(=O)=O)C1)N(C)Cc1ccon1. The summed E-state index contributed by atoms with van der Waals surface area (Å²) < 4.78 is 29.4. The fourth-order valence-corrected chi connectivity index (χ4v) is 3.44. The molecule has 2 heterocycles. The second kappa shape index (κ2) is 7.10. The zero-order valence-electron chi connectivity index (χ0n) is 13.2. The molecule has 0 aliphatic carbocycles. The van der Waals surface area contributed by atoms with Crippen LogP contribution in [0.5, 0.6) is 0 Å². The molecule has 1 aliphatic heterocycles. The van der Waals surface area contributed by atoms with Crippen molar-refractivity contribution in [1.29, 1.82) is 0 Å². The van der Waals surface area contributed by atoms with Crippen LogP contribution in [0.15, 0.2) is 21.8 Å². The zero-order valence-corrected chi connectivity index (χ0v) is 14.0. The molecule has 8 nitrogen and oxygen atoms in total. The standard InChI is InChI=1S/C13H23N5O3S/c1-14-13(17(2)10-12-5-7-21-16-12)15-8-11-4-6-18(9-11)22(3,19)20/h5,7,11H,4,6,8-10H2,1-3H3,(H,14,15). The van der Waals surface area contributed by atoms with E-state index in [-0.39, 0.29) is 0 Å². The maximum atomic E-state index is 11.5. The topological polar surface area (TPSA) is 91.0 Å². The molecular weight excluding hydrogens is 306 g/mol. The Labute approximate surface area is 131 Å². The smallest absolute Gasteiger partial charge is 0.211 e. The molecule has 1 aromatic rings. The van der Waals surface area contributed by atoms with Crippen LogP contribution in [0.25, 0.3) is 0 Å². The highest BCUT2D eigenvalue weighted by molar-refractivity contribution is 7.88. The molecule has 0 spiro atoms. The van der Waals surface area contributed by atoms with Crippen LogP contribution in [0.4, 0.5) is 0 Å². The molecule has 1 saturated heterocycles. The van der Waals surface area contributed by atoms with Crippen molar-refractivity contribution in [2.75, 3.05) is 40.0 Å². The van der Waals surface area contributed by atoms with Crippen molar-refractivity contribution in [2.24, 2.45) is 10.9 Å². The predicted molar refractivity (Wildman–Crippen MR) is 83.9 cm³/mol. The molecule has 0 bridgehead atoms. The van der Waals surface area contributed by atoms with Gasteiger partial charge in [-0.3, -0.25) is 4.99 Å². The van der Waals surface area contributed by atoms with Gasteiger partial charge in [0.2, 0.25) is 10.0 Å². The van der Waals surface area contributed by atoms with Gasteiger partial charge in [-0.05, 0) is 12.3 Å². The summed E-state index contributed by atoms with van der Waals surface area (Å²) in [7, 11) is 0.555. The first-order valence-electron chi connectivity index (χ1n) is 7.16. The van der Waals surface area contributed by atoms with Gasteiger partial charge in [0.25, 0.3) is 0 Å². The van der Waals surface area contributed by atoms with Crippen LogP contribution < -0.4 is 5.32 Å². The van der Waals surface area contributed by atoms with Gasteiger partial charge in [-0.15, -0.1) is 0 Å². The van der Waals surface area contributed by atoms with Gasteiger partial charge >= 0.3 is 0 Å². The van der Waals surface area contributed by atoms with E-state index < -0.39 is 10.0 Å². The normalized spacial score (nSPS) is 20.3. The molecule has 0 amide bonds. The van der Waals surface area contributed by atoms with E-state index >= 15 is 0 Å². The summed E-state index contributed by atoms with van der Waals surface area (Å²) in [5.41, 5.74) is 0.828. The summed E-state index contributed by atoms with van der Waals surface area (Å²) in [6, 6.07) is 1.81. The van der Waals surface area contributed by atoms with Crippen LogP contribution >= 0.6 is 0 Å². The minimum atomic E-state index is -3.08. The van der Waals surface area contributed by atoms with E-state index in [4.69, 9.17) is 4.52 Å². The summed E-state index contributed by atoms with van der Waals surface area (Å²) in [5.74, 6) is 1.05. The maximum Gasteiger partial charge on any atom is 0.211 e. The minimum absolute atomic E-state index is 0.298. The van der Waals surface area contributed by atoms with Crippen molar-refractivity contribution in [2.45, 2.75) is 13.0 Å². The maximum absolute atomic E-state index is 11.5. The van der Waals surface area contributed by atoms with Gasteiger partial charge in [0.05, 0.1) is 12.8 Å². The van der Waals surface area contributed by atoms with Crippen molar-refractivity contribution in [3.05, 3.63) is 18.0 Å². The van der Waals surface area contributed by atoms with Crippen molar-refractivity contribution in [3.63, 3.8) is 0 Å². The number of sulfonamides is 1. The number of hydrogen-bond donors (Lipinski definition) is 1. The molecule has 1 atom stereocenters. The van der Waals surface area contributed by atoms with Crippen LogP contribution in [0.3, 0.4) is 0 Å². The van der Waals surface area contributed by atoms with Gasteiger partial charge in [-0.2, -0.15) is 0 Å². The van der Waals surface area contributed by atoms with E-state index in [2.05, 4.69) is 15.5 Å². The molecule has 2 rings (SSSR count). The number of aromatic nitrogens is 1. The number of hydrogen-bond acceptors (Lipinski definition) is 5. The fraction of sp³-hybridized carbons (Fsp3) is 0.692. The third kappa shape index (κ3) is 4.44. The molecule has 0 saturated carbocycles. The van der Waals surface area contributed by atoms with E-state index in [1.54, 1.807) is 7.05 Å². The van der Waals surface area contributed by atoms with Crippen LogP contribution in [0, 0.1) is 5.92 Å². The predicted octanol–water partition coefficient (Wildman–Crippen LogP) is -0.0367. The quantitative estimate of drug-likeness (QED) is 0.602. The second-order valence-electron chi connectivity index (χ2n) is 5.55. The van der Waals surface area contributed by atoms with E-state index in [0.29, 0.717) is 32.1 Å². The fourth-order valence-electron chi connectivity index (χ4n) is 2.52. The van der Waals surface area contributed by atoms with Gasteiger partial charge in [0, 0.05) is 39.8 Å². The summed E-state index contributed by atoms with van der Waals surface area (Å²) in [6.45, 7) is 2.45. The molecule has 124 valence electrons. The Morgan fingerprint density at radius 2 is 2.41 bits per heavy atom. The Kier molecular flexibility index (Phi) is 5.41. The summed E-state index contributed by atoms with van der Waals surface area (Å²) in [6.07, 6.45) is 3.66. The Bertz CT molecular complexity index is 599. The van der Waals surface area contributed by atoms with Gasteiger partial charge in [0.1, 0.15) is 12.0 Å². The van der Waals surface area contributed by atoms with Crippen LogP contribution in [0.1, 0.15) is 12.1 Å². The Morgan fingerprint density at radius 3 is 2.95 bits per heavy atom.